The van der Waals surface area contributed by atoms with Crippen molar-refractivity contribution in [2.45, 2.75) is 24.6 Å². The lowest BCUT2D eigenvalue weighted by atomic mass is 10.0. The van der Waals surface area contributed by atoms with E-state index in [0.29, 0.717) is 11.3 Å². The molecular formula is C13H17NO4S. The number of carboxylic acids is 1. The minimum absolute atomic E-state index is 0.336. The summed E-state index contributed by atoms with van der Waals surface area (Å²) >= 11 is 4.19. The zero-order valence-electron chi connectivity index (χ0n) is 11.0. The van der Waals surface area contributed by atoms with Crippen LogP contribution < -0.4 is 10.1 Å². The summed E-state index contributed by atoms with van der Waals surface area (Å²) < 4.78 is 4.14. The minimum atomic E-state index is -1.13. The molecule has 19 heavy (non-hydrogen) atoms. The van der Waals surface area contributed by atoms with Gasteiger partial charge in [0.25, 0.3) is 5.91 Å². The summed E-state index contributed by atoms with van der Waals surface area (Å²) in [5.74, 6) is -1.07. The van der Waals surface area contributed by atoms with Gasteiger partial charge in [0, 0.05) is 10.3 Å². The number of carbonyl (C=O) groups is 2. The van der Waals surface area contributed by atoms with Crippen LogP contribution in [0.3, 0.4) is 0 Å². The molecule has 1 atom stereocenters. The highest BCUT2D eigenvalue weighted by molar-refractivity contribution is 7.81. The van der Waals surface area contributed by atoms with Crippen molar-refractivity contribution in [3.63, 3.8) is 0 Å². The molecule has 1 aromatic rings. The second-order valence-corrected chi connectivity index (χ2v) is 5.78. The summed E-state index contributed by atoms with van der Waals surface area (Å²) in [6.07, 6.45) is 0. The van der Waals surface area contributed by atoms with Crippen LogP contribution in [0.1, 0.15) is 24.2 Å². The molecule has 1 unspecified atom stereocenters. The number of rotatable bonds is 5. The van der Waals surface area contributed by atoms with E-state index in [1.165, 1.54) is 7.11 Å². The van der Waals surface area contributed by atoms with Gasteiger partial charge in [0.2, 0.25) is 0 Å². The smallest absolute Gasteiger partial charge is 0.327 e. The van der Waals surface area contributed by atoms with E-state index in [1.54, 1.807) is 38.1 Å². The fraction of sp³-hybridized carbons (Fsp3) is 0.385. The third kappa shape index (κ3) is 4.17. The SMILES string of the molecule is COc1cccc(C(=O)NC(C(=O)O)C(C)(C)S)c1. The summed E-state index contributed by atoms with van der Waals surface area (Å²) in [4.78, 5) is 23.2. The number of thiol groups is 1. The first-order valence-electron chi connectivity index (χ1n) is 5.66. The minimum Gasteiger partial charge on any atom is -0.497 e. The van der Waals surface area contributed by atoms with Gasteiger partial charge in [0.05, 0.1) is 7.11 Å². The number of benzene rings is 1. The first kappa shape index (κ1) is 15.4. The molecule has 6 heteroatoms. The third-order valence-electron chi connectivity index (χ3n) is 2.56. The van der Waals surface area contributed by atoms with Gasteiger partial charge < -0.3 is 15.2 Å². The van der Waals surface area contributed by atoms with Crippen LogP contribution in [0.15, 0.2) is 24.3 Å². The van der Waals surface area contributed by atoms with Gasteiger partial charge in [-0.2, -0.15) is 12.6 Å². The van der Waals surface area contributed by atoms with E-state index in [-0.39, 0.29) is 0 Å². The molecule has 0 fully saturated rings. The monoisotopic (exact) mass is 283 g/mol. The van der Waals surface area contributed by atoms with Crippen LogP contribution in [0.4, 0.5) is 0 Å². The molecule has 0 saturated heterocycles. The molecule has 1 rings (SSSR count). The largest absolute Gasteiger partial charge is 0.497 e. The van der Waals surface area contributed by atoms with Crippen LogP contribution in [0.2, 0.25) is 0 Å². The van der Waals surface area contributed by atoms with Gasteiger partial charge in [0.1, 0.15) is 11.8 Å². The number of ether oxygens (including phenoxy) is 1. The molecule has 0 radical (unpaired) electrons. The molecule has 0 aliphatic heterocycles. The van der Waals surface area contributed by atoms with Gasteiger partial charge in [-0.05, 0) is 32.0 Å². The topological polar surface area (TPSA) is 75.6 Å². The van der Waals surface area contributed by atoms with E-state index in [2.05, 4.69) is 17.9 Å². The number of carboxylic acid groups (broad SMARTS) is 1. The second-order valence-electron chi connectivity index (χ2n) is 4.63. The Hall–Kier alpha value is -1.69. The van der Waals surface area contributed by atoms with E-state index in [1.807, 2.05) is 0 Å². The first-order valence-corrected chi connectivity index (χ1v) is 6.10. The van der Waals surface area contributed by atoms with Crippen molar-refractivity contribution < 1.29 is 19.4 Å². The van der Waals surface area contributed by atoms with Crippen LogP contribution >= 0.6 is 12.6 Å². The lowest BCUT2D eigenvalue weighted by Crippen LogP contribution is -2.51. The van der Waals surface area contributed by atoms with Crippen molar-refractivity contribution in [1.29, 1.82) is 0 Å². The van der Waals surface area contributed by atoms with Gasteiger partial charge in [0.15, 0.2) is 0 Å². The number of methoxy groups -OCH3 is 1. The van der Waals surface area contributed by atoms with Crippen molar-refractivity contribution in [2.24, 2.45) is 0 Å². The average molecular weight is 283 g/mol. The van der Waals surface area contributed by atoms with Crippen LogP contribution in [-0.2, 0) is 4.79 Å². The number of amides is 1. The highest BCUT2D eigenvalue weighted by Crippen LogP contribution is 2.19. The standard InChI is InChI=1S/C13H17NO4S/c1-13(2,19)10(12(16)17)14-11(15)8-5-4-6-9(7-8)18-3/h4-7,10,19H,1-3H3,(H,14,15)(H,16,17). The van der Waals surface area contributed by atoms with E-state index >= 15 is 0 Å². The molecule has 1 amide bonds. The Morgan fingerprint density at radius 3 is 2.53 bits per heavy atom. The molecule has 0 aliphatic rings. The van der Waals surface area contributed by atoms with Crippen LogP contribution in [-0.4, -0.2) is 34.9 Å². The molecule has 0 aliphatic carbocycles. The normalized spacial score (nSPS) is 12.6. The predicted octanol–water partition coefficient (Wildman–Crippen LogP) is 1.59. The molecule has 0 spiro atoms. The zero-order chi connectivity index (χ0) is 14.6. The maximum atomic E-state index is 12.0. The highest BCUT2D eigenvalue weighted by Gasteiger charge is 2.33. The van der Waals surface area contributed by atoms with Crippen LogP contribution in [0.25, 0.3) is 0 Å². The van der Waals surface area contributed by atoms with Gasteiger partial charge >= 0.3 is 5.97 Å². The number of hydrogen-bond donors (Lipinski definition) is 3. The fourth-order valence-corrected chi connectivity index (χ4v) is 1.69. The van der Waals surface area contributed by atoms with Gasteiger partial charge in [-0.1, -0.05) is 6.07 Å². The Bertz CT molecular complexity index is 482. The second kappa shape index (κ2) is 5.97. The van der Waals surface area contributed by atoms with Crippen molar-refractivity contribution in [3.8, 4) is 5.75 Å². The molecule has 5 nitrogen and oxygen atoms in total. The van der Waals surface area contributed by atoms with Crippen LogP contribution in [0, 0.1) is 0 Å². The van der Waals surface area contributed by atoms with E-state index in [9.17, 15) is 9.59 Å². The molecule has 2 N–H and O–H groups in total. The molecule has 0 heterocycles. The van der Waals surface area contributed by atoms with Crippen molar-refractivity contribution in [2.75, 3.05) is 7.11 Å². The van der Waals surface area contributed by atoms with Gasteiger partial charge in [-0.15, -0.1) is 0 Å². The third-order valence-corrected chi connectivity index (χ3v) is 2.82. The first-order chi connectivity index (χ1) is 8.75. The quantitative estimate of drug-likeness (QED) is 0.717. The van der Waals surface area contributed by atoms with Crippen molar-refractivity contribution in [3.05, 3.63) is 29.8 Å². The Morgan fingerprint density at radius 2 is 2.05 bits per heavy atom. The van der Waals surface area contributed by atoms with Crippen molar-refractivity contribution >= 4 is 24.5 Å². The summed E-state index contributed by atoms with van der Waals surface area (Å²) in [5.41, 5.74) is 0.336. The summed E-state index contributed by atoms with van der Waals surface area (Å²) in [6, 6.07) is 5.40. The Balaban J connectivity index is 2.91. The maximum absolute atomic E-state index is 12.0. The Labute approximate surface area is 117 Å². The van der Waals surface area contributed by atoms with Gasteiger partial charge in [-0.25, -0.2) is 4.79 Å². The van der Waals surface area contributed by atoms with Crippen LogP contribution in [0.5, 0.6) is 5.75 Å². The number of nitrogens with one attached hydrogen (secondary N) is 1. The van der Waals surface area contributed by atoms with E-state index in [4.69, 9.17) is 9.84 Å². The summed E-state index contributed by atoms with van der Waals surface area (Å²) in [6.45, 7) is 3.25. The number of carbonyl (C=O) groups excluding carboxylic acids is 1. The number of aliphatic carboxylic acids is 1. The maximum Gasteiger partial charge on any atom is 0.327 e. The molecular weight excluding hydrogens is 266 g/mol. The molecule has 0 aromatic heterocycles. The predicted molar refractivity (Wildman–Crippen MR) is 74.9 cm³/mol. The Morgan fingerprint density at radius 1 is 1.42 bits per heavy atom. The zero-order valence-corrected chi connectivity index (χ0v) is 11.9. The number of hydrogen-bond acceptors (Lipinski definition) is 4. The van der Waals surface area contributed by atoms with Gasteiger partial charge in [-0.3, -0.25) is 4.79 Å². The molecule has 1 aromatic carbocycles. The molecule has 104 valence electrons. The average Bonchev–Trinajstić information content (AvgIpc) is 2.33. The lowest BCUT2D eigenvalue weighted by molar-refractivity contribution is -0.139. The summed E-state index contributed by atoms with van der Waals surface area (Å²) in [7, 11) is 1.49. The summed E-state index contributed by atoms with van der Waals surface area (Å²) in [5, 5.41) is 11.6. The van der Waals surface area contributed by atoms with E-state index < -0.39 is 22.7 Å². The van der Waals surface area contributed by atoms with Crippen molar-refractivity contribution in [1.82, 2.24) is 5.32 Å². The lowest BCUT2D eigenvalue weighted by Gasteiger charge is -2.26. The Kier molecular flexibility index (Phi) is 4.83. The molecule has 0 bridgehead atoms. The molecule has 0 saturated carbocycles. The highest BCUT2D eigenvalue weighted by atomic mass is 32.1. The van der Waals surface area contributed by atoms with E-state index in [0.717, 1.165) is 0 Å². The fourth-order valence-electron chi connectivity index (χ4n) is 1.52.